The molecule has 0 aliphatic carbocycles. The van der Waals surface area contributed by atoms with E-state index >= 15 is 0 Å². The van der Waals surface area contributed by atoms with Crippen molar-refractivity contribution in [1.82, 2.24) is 10.6 Å². The fourth-order valence-electron chi connectivity index (χ4n) is 1.65. The van der Waals surface area contributed by atoms with E-state index in [1.165, 1.54) is 12.2 Å². The molecule has 5 heteroatoms. The molecule has 0 aromatic rings. The topological polar surface area (TPSA) is 67.4 Å². The molecule has 0 radical (unpaired) electrons. The molecule has 0 aromatic heterocycles. The second-order valence-electron chi connectivity index (χ2n) is 3.86. The number of rotatable bonds is 6. The third-order valence-corrected chi connectivity index (χ3v) is 2.57. The molecule has 1 aliphatic heterocycles. The predicted molar refractivity (Wildman–Crippen MR) is 64.3 cm³/mol. The van der Waals surface area contributed by atoms with Crippen molar-refractivity contribution in [2.75, 3.05) is 13.1 Å². The SMILES string of the molecule is C=CC(=O)NCC1CCC(CNC(=O)C=C)O1. The zero-order valence-corrected chi connectivity index (χ0v) is 9.78. The van der Waals surface area contributed by atoms with E-state index in [4.69, 9.17) is 4.74 Å². The standard InChI is InChI=1S/C12H18N2O3/c1-3-11(15)13-7-9-5-6-10(17-9)8-14-12(16)4-2/h3-4,9-10H,1-2,5-8H2,(H,13,15)(H,14,16). The van der Waals surface area contributed by atoms with Crippen molar-refractivity contribution in [3.8, 4) is 0 Å². The molecule has 0 saturated carbocycles. The van der Waals surface area contributed by atoms with Crippen LogP contribution < -0.4 is 10.6 Å². The number of carbonyl (C=O) groups excluding carboxylic acids is 2. The molecule has 1 saturated heterocycles. The highest BCUT2D eigenvalue weighted by atomic mass is 16.5. The van der Waals surface area contributed by atoms with Gasteiger partial charge in [0.05, 0.1) is 12.2 Å². The van der Waals surface area contributed by atoms with Gasteiger partial charge in [-0.25, -0.2) is 0 Å². The third-order valence-electron chi connectivity index (χ3n) is 2.57. The molecule has 0 bridgehead atoms. The Bertz CT molecular complexity index is 285. The Hall–Kier alpha value is -1.62. The van der Waals surface area contributed by atoms with E-state index in [1.54, 1.807) is 0 Å². The van der Waals surface area contributed by atoms with Crippen LogP contribution in [0.15, 0.2) is 25.3 Å². The zero-order valence-electron chi connectivity index (χ0n) is 9.78. The Kier molecular flexibility index (Phi) is 5.42. The molecule has 2 N–H and O–H groups in total. The van der Waals surface area contributed by atoms with Gasteiger partial charge in [0.25, 0.3) is 0 Å². The predicted octanol–water partition coefficient (Wildman–Crippen LogP) is 0.138. The van der Waals surface area contributed by atoms with Crippen LogP contribution >= 0.6 is 0 Å². The van der Waals surface area contributed by atoms with Gasteiger partial charge in [-0.1, -0.05) is 13.2 Å². The molecular formula is C12H18N2O3. The average molecular weight is 238 g/mol. The lowest BCUT2D eigenvalue weighted by atomic mass is 10.2. The van der Waals surface area contributed by atoms with Crippen LogP contribution in [0.1, 0.15) is 12.8 Å². The highest BCUT2D eigenvalue weighted by Crippen LogP contribution is 2.18. The van der Waals surface area contributed by atoms with Gasteiger partial charge in [0.1, 0.15) is 0 Å². The van der Waals surface area contributed by atoms with Gasteiger partial charge in [0.2, 0.25) is 11.8 Å². The molecule has 1 rings (SSSR count). The van der Waals surface area contributed by atoms with Crippen molar-refractivity contribution in [3.63, 3.8) is 0 Å². The molecular weight excluding hydrogens is 220 g/mol. The number of hydrogen-bond acceptors (Lipinski definition) is 3. The highest BCUT2D eigenvalue weighted by molar-refractivity contribution is 5.87. The molecule has 2 amide bonds. The summed E-state index contributed by atoms with van der Waals surface area (Å²) in [6, 6.07) is 0. The summed E-state index contributed by atoms with van der Waals surface area (Å²) >= 11 is 0. The van der Waals surface area contributed by atoms with Crippen molar-refractivity contribution in [3.05, 3.63) is 25.3 Å². The second-order valence-corrected chi connectivity index (χ2v) is 3.86. The van der Waals surface area contributed by atoms with Gasteiger partial charge in [-0.15, -0.1) is 0 Å². The van der Waals surface area contributed by atoms with Crippen LogP contribution in [0.25, 0.3) is 0 Å². The summed E-state index contributed by atoms with van der Waals surface area (Å²) in [5.74, 6) is -0.394. The van der Waals surface area contributed by atoms with E-state index < -0.39 is 0 Å². The third kappa shape index (κ3) is 4.82. The Morgan fingerprint density at radius 3 is 1.82 bits per heavy atom. The Labute approximate surface area is 101 Å². The lowest BCUT2D eigenvalue weighted by Gasteiger charge is -2.14. The summed E-state index contributed by atoms with van der Waals surface area (Å²) in [5.41, 5.74) is 0. The smallest absolute Gasteiger partial charge is 0.243 e. The van der Waals surface area contributed by atoms with Crippen molar-refractivity contribution < 1.29 is 14.3 Å². The number of hydrogen-bond donors (Lipinski definition) is 2. The van der Waals surface area contributed by atoms with Crippen molar-refractivity contribution >= 4 is 11.8 Å². The first-order valence-corrected chi connectivity index (χ1v) is 5.61. The van der Waals surface area contributed by atoms with E-state index in [9.17, 15) is 9.59 Å². The summed E-state index contributed by atoms with van der Waals surface area (Å²) in [5, 5.41) is 5.37. The van der Waals surface area contributed by atoms with Crippen LogP contribution in [-0.2, 0) is 14.3 Å². The monoisotopic (exact) mass is 238 g/mol. The maximum atomic E-state index is 11.0. The quantitative estimate of drug-likeness (QED) is 0.647. The van der Waals surface area contributed by atoms with Gasteiger partial charge in [0.15, 0.2) is 0 Å². The van der Waals surface area contributed by atoms with Crippen LogP contribution in [0.3, 0.4) is 0 Å². The first kappa shape index (κ1) is 13.4. The largest absolute Gasteiger partial charge is 0.371 e. The van der Waals surface area contributed by atoms with Gasteiger partial charge < -0.3 is 15.4 Å². The minimum absolute atomic E-state index is 0.0181. The molecule has 1 fully saturated rings. The fourth-order valence-corrected chi connectivity index (χ4v) is 1.65. The fraction of sp³-hybridized carbons (Fsp3) is 0.500. The molecule has 1 aliphatic rings. The van der Waals surface area contributed by atoms with Crippen LogP contribution in [0, 0.1) is 0 Å². The van der Waals surface area contributed by atoms with Crippen molar-refractivity contribution in [2.45, 2.75) is 25.0 Å². The molecule has 0 aromatic carbocycles. The minimum atomic E-state index is -0.197. The molecule has 17 heavy (non-hydrogen) atoms. The second kappa shape index (κ2) is 6.85. The zero-order chi connectivity index (χ0) is 12.7. The van der Waals surface area contributed by atoms with Crippen molar-refractivity contribution in [1.29, 1.82) is 0 Å². The summed E-state index contributed by atoms with van der Waals surface area (Å²) in [4.78, 5) is 21.9. The maximum Gasteiger partial charge on any atom is 0.243 e. The Morgan fingerprint density at radius 1 is 1.06 bits per heavy atom. The lowest BCUT2D eigenvalue weighted by Crippen LogP contribution is -2.34. The van der Waals surface area contributed by atoms with E-state index in [0.717, 1.165) is 12.8 Å². The number of nitrogens with one attached hydrogen (secondary N) is 2. The van der Waals surface area contributed by atoms with Crippen molar-refractivity contribution in [2.24, 2.45) is 0 Å². The van der Waals surface area contributed by atoms with E-state index in [0.29, 0.717) is 13.1 Å². The number of ether oxygens (including phenoxy) is 1. The molecule has 1 heterocycles. The van der Waals surface area contributed by atoms with Crippen LogP contribution in [0.5, 0.6) is 0 Å². The summed E-state index contributed by atoms with van der Waals surface area (Å²) in [6.07, 6.45) is 4.26. The van der Waals surface area contributed by atoms with E-state index in [-0.39, 0.29) is 24.0 Å². The number of amides is 2. The van der Waals surface area contributed by atoms with Gasteiger partial charge in [-0.05, 0) is 25.0 Å². The van der Waals surface area contributed by atoms with Gasteiger partial charge in [0, 0.05) is 13.1 Å². The Balaban J connectivity index is 2.18. The summed E-state index contributed by atoms with van der Waals surface area (Å²) in [6.45, 7) is 7.70. The molecule has 0 spiro atoms. The molecule has 2 unspecified atom stereocenters. The van der Waals surface area contributed by atoms with Crippen LogP contribution in [0.4, 0.5) is 0 Å². The summed E-state index contributed by atoms with van der Waals surface area (Å²) in [7, 11) is 0. The summed E-state index contributed by atoms with van der Waals surface area (Å²) < 4.78 is 5.65. The average Bonchev–Trinajstić information content (AvgIpc) is 2.80. The van der Waals surface area contributed by atoms with E-state index in [2.05, 4.69) is 23.8 Å². The highest BCUT2D eigenvalue weighted by Gasteiger charge is 2.25. The molecule has 2 atom stereocenters. The number of carbonyl (C=O) groups is 2. The van der Waals surface area contributed by atoms with Gasteiger partial charge in [-0.2, -0.15) is 0 Å². The normalized spacial score (nSPS) is 22.8. The van der Waals surface area contributed by atoms with Gasteiger partial charge >= 0.3 is 0 Å². The lowest BCUT2D eigenvalue weighted by molar-refractivity contribution is -0.117. The minimum Gasteiger partial charge on any atom is -0.371 e. The maximum absolute atomic E-state index is 11.0. The van der Waals surface area contributed by atoms with Gasteiger partial charge in [-0.3, -0.25) is 9.59 Å². The first-order chi connectivity index (χ1) is 8.15. The molecule has 94 valence electrons. The molecule has 5 nitrogen and oxygen atoms in total. The van der Waals surface area contributed by atoms with E-state index in [1.807, 2.05) is 0 Å². The first-order valence-electron chi connectivity index (χ1n) is 5.61. The Morgan fingerprint density at radius 2 is 1.47 bits per heavy atom. The van der Waals surface area contributed by atoms with Crippen LogP contribution in [0.2, 0.25) is 0 Å². The van der Waals surface area contributed by atoms with Crippen LogP contribution in [-0.4, -0.2) is 37.1 Å².